The molecule has 7 heteroatoms. The van der Waals surface area contributed by atoms with E-state index in [2.05, 4.69) is 31.0 Å². The smallest absolute Gasteiger partial charge is 0.225 e. The third-order valence-electron chi connectivity index (χ3n) is 5.60. The van der Waals surface area contributed by atoms with Gasteiger partial charge < -0.3 is 24.6 Å². The molecule has 2 aliphatic heterocycles. The Morgan fingerprint density at radius 3 is 2.39 bits per heavy atom. The third kappa shape index (κ3) is 6.92. The van der Waals surface area contributed by atoms with Crippen molar-refractivity contribution in [3.05, 3.63) is 0 Å². The maximum atomic E-state index is 12.7. The van der Waals surface area contributed by atoms with Gasteiger partial charge in [0.15, 0.2) is 5.96 Å². The third-order valence-corrected chi connectivity index (χ3v) is 5.60. The van der Waals surface area contributed by atoms with Crippen molar-refractivity contribution >= 4 is 11.9 Å². The number of amides is 1. The highest BCUT2D eigenvalue weighted by atomic mass is 16.5. The fourth-order valence-electron chi connectivity index (χ4n) is 3.93. The molecule has 0 saturated carbocycles. The van der Waals surface area contributed by atoms with E-state index in [4.69, 9.17) is 14.5 Å². The number of likely N-dealkylation sites (tertiary alicyclic amines) is 1. The second-order valence-corrected chi connectivity index (χ2v) is 7.96. The van der Waals surface area contributed by atoms with Gasteiger partial charge in [0.1, 0.15) is 0 Å². The summed E-state index contributed by atoms with van der Waals surface area (Å²) in [6, 6.07) is 0. The van der Waals surface area contributed by atoms with Gasteiger partial charge in [0.2, 0.25) is 5.91 Å². The van der Waals surface area contributed by atoms with Gasteiger partial charge >= 0.3 is 0 Å². The fourth-order valence-corrected chi connectivity index (χ4v) is 3.93. The van der Waals surface area contributed by atoms with Crippen LogP contribution in [0, 0.1) is 11.8 Å². The molecule has 2 heterocycles. The van der Waals surface area contributed by atoms with Crippen LogP contribution in [0.2, 0.25) is 0 Å². The Kier molecular flexibility index (Phi) is 10.1. The number of piperidine rings is 1. The number of nitrogens with zero attached hydrogens (tertiary/aromatic N) is 3. The summed E-state index contributed by atoms with van der Waals surface area (Å²) in [4.78, 5) is 21.8. The van der Waals surface area contributed by atoms with Gasteiger partial charge in [-0.2, -0.15) is 0 Å². The van der Waals surface area contributed by atoms with Crippen LogP contribution in [0.5, 0.6) is 0 Å². The second-order valence-electron chi connectivity index (χ2n) is 7.96. The largest absolute Gasteiger partial charge is 0.378 e. The van der Waals surface area contributed by atoms with Gasteiger partial charge in [-0.15, -0.1) is 0 Å². The topological polar surface area (TPSA) is 66.4 Å². The van der Waals surface area contributed by atoms with E-state index in [0.29, 0.717) is 25.0 Å². The molecule has 0 spiro atoms. The summed E-state index contributed by atoms with van der Waals surface area (Å²) < 4.78 is 11.2. The molecule has 0 aromatic rings. The highest BCUT2D eigenvalue weighted by Crippen LogP contribution is 2.20. The molecule has 2 fully saturated rings. The average Bonchev–Trinajstić information content (AvgIpc) is 2.72. The minimum Gasteiger partial charge on any atom is -0.378 e. The van der Waals surface area contributed by atoms with Gasteiger partial charge in [-0.25, -0.2) is 0 Å². The number of carbonyl (C=O) groups is 1. The molecule has 0 aromatic heterocycles. The quantitative estimate of drug-likeness (QED) is 0.502. The number of aliphatic imine (C=N–C) groups is 1. The minimum atomic E-state index is 0.139. The number of ether oxygens (including phenoxy) is 2. The van der Waals surface area contributed by atoms with E-state index in [-0.39, 0.29) is 12.0 Å². The number of hydrogen-bond acceptors (Lipinski definition) is 4. The van der Waals surface area contributed by atoms with Crippen molar-refractivity contribution in [3.8, 4) is 0 Å². The SMILES string of the molecule is CCNC(=NCCC(OCC)C(C)C)N1CCC(C(=O)N2CCOCC2)CC1. The molecule has 162 valence electrons. The predicted octanol–water partition coefficient (Wildman–Crippen LogP) is 1.97. The maximum absolute atomic E-state index is 12.7. The lowest BCUT2D eigenvalue weighted by Gasteiger charge is -2.36. The maximum Gasteiger partial charge on any atom is 0.225 e. The lowest BCUT2D eigenvalue weighted by Crippen LogP contribution is -2.50. The number of guanidine groups is 1. The van der Waals surface area contributed by atoms with E-state index in [9.17, 15) is 4.79 Å². The van der Waals surface area contributed by atoms with E-state index in [1.54, 1.807) is 0 Å². The Morgan fingerprint density at radius 1 is 1.14 bits per heavy atom. The van der Waals surface area contributed by atoms with Crippen LogP contribution in [0.1, 0.15) is 47.0 Å². The van der Waals surface area contributed by atoms with E-state index in [0.717, 1.165) is 71.1 Å². The Labute approximate surface area is 170 Å². The summed E-state index contributed by atoms with van der Waals surface area (Å²) in [5, 5.41) is 3.42. The highest BCUT2D eigenvalue weighted by molar-refractivity contribution is 5.81. The Hall–Kier alpha value is -1.34. The van der Waals surface area contributed by atoms with E-state index < -0.39 is 0 Å². The number of carbonyl (C=O) groups excluding carboxylic acids is 1. The summed E-state index contributed by atoms with van der Waals surface area (Å²) in [6.45, 7) is 15.5. The van der Waals surface area contributed by atoms with Gasteiger partial charge in [0.05, 0.1) is 19.3 Å². The van der Waals surface area contributed by atoms with Crippen LogP contribution in [-0.4, -0.2) is 86.9 Å². The van der Waals surface area contributed by atoms with Crippen LogP contribution in [0.25, 0.3) is 0 Å². The zero-order valence-electron chi connectivity index (χ0n) is 18.3. The molecule has 2 rings (SSSR count). The van der Waals surface area contributed by atoms with E-state index >= 15 is 0 Å². The number of hydrogen-bond donors (Lipinski definition) is 1. The summed E-state index contributed by atoms with van der Waals surface area (Å²) in [7, 11) is 0. The Morgan fingerprint density at radius 2 is 1.82 bits per heavy atom. The standard InChI is InChI=1S/C21H40N4O3/c1-5-22-21(23-10-7-19(17(3)4)28-6-2)25-11-8-18(9-12-25)20(26)24-13-15-27-16-14-24/h17-19H,5-16H2,1-4H3,(H,22,23). The molecule has 1 amide bonds. The monoisotopic (exact) mass is 396 g/mol. The van der Waals surface area contributed by atoms with Gasteiger partial charge in [-0.05, 0) is 39.0 Å². The molecule has 7 nitrogen and oxygen atoms in total. The average molecular weight is 397 g/mol. The molecule has 1 atom stereocenters. The first kappa shape index (κ1) is 22.9. The summed E-state index contributed by atoms with van der Waals surface area (Å²) >= 11 is 0. The summed E-state index contributed by atoms with van der Waals surface area (Å²) in [5.41, 5.74) is 0. The molecule has 2 aliphatic rings. The van der Waals surface area contributed by atoms with Crippen molar-refractivity contribution in [2.75, 3.05) is 59.1 Å². The molecule has 0 aromatic carbocycles. The Bertz CT molecular complexity index is 484. The molecule has 1 unspecified atom stereocenters. The first-order valence-electron chi connectivity index (χ1n) is 11.1. The van der Waals surface area contributed by atoms with Crippen LogP contribution in [0.3, 0.4) is 0 Å². The number of nitrogens with one attached hydrogen (secondary N) is 1. The molecular formula is C21H40N4O3. The molecule has 28 heavy (non-hydrogen) atoms. The second kappa shape index (κ2) is 12.3. The van der Waals surface area contributed by atoms with Gasteiger partial charge in [0.25, 0.3) is 0 Å². The van der Waals surface area contributed by atoms with Gasteiger partial charge in [-0.1, -0.05) is 13.8 Å². The zero-order chi connectivity index (χ0) is 20.4. The minimum absolute atomic E-state index is 0.139. The molecule has 0 bridgehead atoms. The van der Waals surface area contributed by atoms with Gasteiger partial charge in [-0.3, -0.25) is 9.79 Å². The Balaban J connectivity index is 1.84. The van der Waals surface area contributed by atoms with Crippen molar-refractivity contribution < 1.29 is 14.3 Å². The van der Waals surface area contributed by atoms with Crippen LogP contribution in [0.4, 0.5) is 0 Å². The van der Waals surface area contributed by atoms with Gasteiger partial charge in [0, 0.05) is 51.8 Å². The van der Waals surface area contributed by atoms with E-state index in [1.807, 2.05) is 11.8 Å². The van der Waals surface area contributed by atoms with Crippen molar-refractivity contribution in [3.63, 3.8) is 0 Å². The lowest BCUT2D eigenvalue weighted by atomic mass is 9.95. The number of morpholine rings is 1. The molecular weight excluding hydrogens is 356 g/mol. The first-order valence-corrected chi connectivity index (χ1v) is 11.1. The van der Waals surface area contributed by atoms with Crippen LogP contribution in [0.15, 0.2) is 4.99 Å². The zero-order valence-corrected chi connectivity index (χ0v) is 18.3. The normalized spacial score (nSPS) is 20.5. The summed E-state index contributed by atoms with van der Waals surface area (Å²) in [6.07, 6.45) is 2.99. The fraction of sp³-hybridized carbons (Fsp3) is 0.905. The molecule has 0 aliphatic carbocycles. The first-order chi connectivity index (χ1) is 13.6. The lowest BCUT2D eigenvalue weighted by molar-refractivity contribution is -0.140. The molecule has 1 N–H and O–H groups in total. The van der Waals surface area contributed by atoms with Crippen molar-refractivity contribution in [2.45, 2.75) is 53.1 Å². The van der Waals surface area contributed by atoms with Crippen LogP contribution in [-0.2, 0) is 14.3 Å². The summed E-state index contributed by atoms with van der Waals surface area (Å²) in [5.74, 6) is 1.92. The van der Waals surface area contributed by atoms with Crippen LogP contribution >= 0.6 is 0 Å². The highest BCUT2D eigenvalue weighted by Gasteiger charge is 2.30. The van der Waals surface area contributed by atoms with Crippen molar-refractivity contribution in [1.29, 1.82) is 0 Å². The molecule has 2 saturated heterocycles. The number of rotatable bonds is 8. The van der Waals surface area contributed by atoms with Crippen molar-refractivity contribution in [2.24, 2.45) is 16.8 Å². The van der Waals surface area contributed by atoms with E-state index in [1.165, 1.54) is 0 Å². The van der Waals surface area contributed by atoms with Crippen molar-refractivity contribution in [1.82, 2.24) is 15.1 Å². The van der Waals surface area contributed by atoms with Crippen LogP contribution < -0.4 is 5.32 Å². The predicted molar refractivity (Wildman–Crippen MR) is 113 cm³/mol. The molecule has 0 radical (unpaired) electrons.